The van der Waals surface area contributed by atoms with Crippen molar-refractivity contribution in [2.45, 2.75) is 32.0 Å². The first-order valence-electron chi connectivity index (χ1n) is 9.51. The minimum Gasteiger partial charge on any atom is -0.368 e. The molecule has 2 N–H and O–H groups in total. The second kappa shape index (κ2) is 7.97. The molecule has 0 spiro atoms. The molecule has 31 heavy (non-hydrogen) atoms. The van der Waals surface area contributed by atoms with E-state index in [4.69, 9.17) is 4.74 Å². The summed E-state index contributed by atoms with van der Waals surface area (Å²) in [5, 5.41) is 9.82. The summed E-state index contributed by atoms with van der Waals surface area (Å²) in [6.07, 6.45) is -4.14. The quantitative estimate of drug-likeness (QED) is 0.617. The maximum Gasteiger partial charge on any atom is 0.418 e. The van der Waals surface area contributed by atoms with Crippen LogP contribution in [0.15, 0.2) is 24.3 Å². The van der Waals surface area contributed by atoms with Crippen molar-refractivity contribution >= 4 is 44.7 Å². The zero-order valence-corrected chi connectivity index (χ0v) is 17.5. The van der Waals surface area contributed by atoms with E-state index in [0.717, 1.165) is 45.8 Å². The van der Waals surface area contributed by atoms with Crippen LogP contribution in [0, 0.1) is 6.92 Å². The molecule has 3 heterocycles. The van der Waals surface area contributed by atoms with Crippen LogP contribution in [0.5, 0.6) is 0 Å². The van der Waals surface area contributed by atoms with Gasteiger partial charge in [-0.2, -0.15) is 18.3 Å². The molecule has 164 valence electrons. The number of ether oxygens (including phenoxy) is 1. The molecule has 1 aliphatic heterocycles. The second-order valence-electron chi connectivity index (χ2n) is 7.24. The summed E-state index contributed by atoms with van der Waals surface area (Å²) in [5.74, 6) is -1.14. The number of hydrogen-bond donors (Lipinski definition) is 2. The van der Waals surface area contributed by atoms with Crippen molar-refractivity contribution in [3.05, 3.63) is 40.4 Å². The number of carbonyl (C=O) groups is 2. The zero-order chi connectivity index (χ0) is 22.3. The second-order valence-corrected chi connectivity index (χ2v) is 8.27. The normalized spacial score (nSPS) is 16.6. The van der Waals surface area contributed by atoms with Crippen LogP contribution in [0.2, 0.25) is 0 Å². The number of hydrogen-bond acceptors (Lipinski definition) is 5. The molecule has 0 radical (unpaired) electrons. The van der Waals surface area contributed by atoms with Gasteiger partial charge in [0.25, 0.3) is 11.8 Å². The number of aromatic nitrogens is 2. The lowest BCUT2D eigenvalue weighted by molar-refractivity contribution is -0.137. The van der Waals surface area contributed by atoms with E-state index in [-0.39, 0.29) is 16.3 Å². The molecular weight excluding hydrogens is 433 g/mol. The van der Waals surface area contributed by atoms with Gasteiger partial charge in [-0.05, 0) is 44.0 Å². The average Bonchev–Trinajstić information content (AvgIpc) is 3.42. The third-order valence-electron chi connectivity index (χ3n) is 4.98. The first-order chi connectivity index (χ1) is 14.6. The number of nitrogens with one attached hydrogen (secondary N) is 2. The number of anilines is 2. The predicted molar refractivity (Wildman–Crippen MR) is 110 cm³/mol. The maximum absolute atomic E-state index is 13.6. The van der Waals surface area contributed by atoms with Crippen molar-refractivity contribution in [3.63, 3.8) is 0 Å². The smallest absolute Gasteiger partial charge is 0.368 e. The van der Waals surface area contributed by atoms with Gasteiger partial charge < -0.3 is 15.4 Å². The van der Waals surface area contributed by atoms with Gasteiger partial charge in [-0.15, -0.1) is 11.3 Å². The van der Waals surface area contributed by atoms with Crippen LogP contribution in [0.25, 0.3) is 10.2 Å². The van der Waals surface area contributed by atoms with E-state index in [1.165, 1.54) is 6.07 Å². The van der Waals surface area contributed by atoms with Crippen molar-refractivity contribution in [3.8, 4) is 0 Å². The minimum atomic E-state index is -4.73. The third-order valence-corrected chi connectivity index (χ3v) is 6.18. The lowest BCUT2D eigenvalue weighted by atomic mass is 10.1. The van der Waals surface area contributed by atoms with Gasteiger partial charge in [0.2, 0.25) is 0 Å². The van der Waals surface area contributed by atoms with Crippen LogP contribution >= 0.6 is 11.3 Å². The van der Waals surface area contributed by atoms with Crippen LogP contribution in [0.4, 0.5) is 24.5 Å². The maximum atomic E-state index is 13.6. The molecule has 2 aromatic heterocycles. The first-order valence-corrected chi connectivity index (χ1v) is 10.3. The van der Waals surface area contributed by atoms with Crippen molar-refractivity contribution in [2.24, 2.45) is 7.05 Å². The number of halogens is 3. The van der Waals surface area contributed by atoms with Crippen molar-refractivity contribution in [1.29, 1.82) is 0 Å². The monoisotopic (exact) mass is 452 g/mol. The molecule has 1 saturated heterocycles. The standard InChI is InChI=1S/C20H19F3N4O3S/c1-10-12-9-16(31-19(12)27(2)26-10)18(29)25-14-6-5-11(8-13(14)20(21,22)23)24-17(28)15-4-3-7-30-15/h5-6,8-9,15H,3-4,7H2,1-2H3,(H,24,28)(H,25,29). The van der Waals surface area contributed by atoms with Crippen molar-refractivity contribution in [1.82, 2.24) is 9.78 Å². The number of fused-ring (bicyclic) bond motifs is 1. The molecule has 1 atom stereocenters. The van der Waals surface area contributed by atoms with Gasteiger partial charge in [-0.25, -0.2) is 0 Å². The Morgan fingerprint density at radius 1 is 1.26 bits per heavy atom. The Kier molecular flexibility index (Phi) is 5.48. The van der Waals surface area contributed by atoms with E-state index in [0.29, 0.717) is 13.0 Å². The zero-order valence-electron chi connectivity index (χ0n) is 16.7. The van der Waals surface area contributed by atoms with Crippen LogP contribution in [-0.2, 0) is 22.8 Å². The molecule has 11 heteroatoms. The Labute approximate surface area is 179 Å². The highest BCUT2D eigenvalue weighted by molar-refractivity contribution is 7.20. The van der Waals surface area contributed by atoms with Gasteiger partial charge in [-0.1, -0.05) is 0 Å². The van der Waals surface area contributed by atoms with E-state index in [2.05, 4.69) is 15.7 Å². The third kappa shape index (κ3) is 4.28. The summed E-state index contributed by atoms with van der Waals surface area (Å²) in [4.78, 5) is 25.8. The summed E-state index contributed by atoms with van der Waals surface area (Å²) in [5.41, 5.74) is -0.727. The fourth-order valence-corrected chi connectivity index (χ4v) is 4.49. The molecule has 1 aromatic carbocycles. The highest BCUT2D eigenvalue weighted by Gasteiger charge is 2.35. The van der Waals surface area contributed by atoms with E-state index >= 15 is 0 Å². The summed E-state index contributed by atoms with van der Waals surface area (Å²) >= 11 is 1.15. The Bertz CT molecular complexity index is 1130. The van der Waals surface area contributed by atoms with Crippen molar-refractivity contribution in [2.75, 3.05) is 17.2 Å². The number of benzene rings is 1. The van der Waals surface area contributed by atoms with E-state index in [1.807, 2.05) is 0 Å². The summed E-state index contributed by atoms with van der Waals surface area (Å²) in [6, 6.07) is 4.87. The van der Waals surface area contributed by atoms with Gasteiger partial charge in [0.05, 0.1) is 21.8 Å². The molecule has 7 nitrogen and oxygen atoms in total. The molecule has 0 bridgehead atoms. The van der Waals surface area contributed by atoms with E-state index < -0.39 is 29.7 Å². The van der Waals surface area contributed by atoms with Crippen LogP contribution < -0.4 is 10.6 Å². The molecule has 1 aliphatic rings. The summed E-state index contributed by atoms with van der Waals surface area (Å²) < 4.78 is 47.8. The Morgan fingerprint density at radius 2 is 2.03 bits per heavy atom. The van der Waals surface area contributed by atoms with Crippen LogP contribution in [-0.4, -0.2) is 34.3 Å². The number of aryl methyl sites for hydroxylation is 2. The molecule has 1 fully saturated rings. The molecule has 1 unspecified atom stereocenters. The van der Waals surface area contributed by atoms with Gasteiger partial charge in [-0.3, -0.25) is 14.3 Å². The fourth-order valence-electron chi connectivity index (χ4n) is 3.47. The number of rotatable bonds is 4. The minimum absolute atomic E-state index is 0.0191. The van der Waals surface area contributed by atoms with E-state index in [1.54, 1.807) is 24.7 Å². The average molecular weight is 452 g/mol. The predicted octanol–water partition coefficient (Wildman–Crippen LogP) is 4.33. The summed E-state index contributed by atoms with van der Waals surface area (Å²) in [6.45, 7) is 2.24. The van der Waals surface area contributed by atoms with Gasteiger partial charge in [0.15, 0.2) is 0 Å². The molecule has 4 rings (SSSR count). The lowest BCUT2D eigenvalue weighted by Gasteiger charge is -2.16. The SMILES string of the molecule is Cc1nn(C)c2sc(C(=O)Nc3ccc(NC(=O)C4CCCO4)cc3C(F)(F)F)cc12. The Balaban J connectivity index is 1.58. The molecule has 2 amide bonds. The number of nitrogens with zero attached hydrogens (tertiary/aromatic N) is 2. The molecule has 0 saturated carbocycles. The molecule has 3 aromatic rings. The molecular formula is C20H19F3N4O3S. The van der Waals surface area contributed by atoms with Gasteiger partial charge >= 0.3 is 6.18 Å². The number of carbonyl (C=O) groups excluding carboxylic acids is 2. The Morgan fingerprint density at radius 3 is 2.68 bits per heavy atom. The number of thiophene rings is 1. The molecule has 0 aliphatic carbocycles. The first kappa shape index (κ1) is 21.3. The fraction of sp³-hybridized carbons (Fsp3) is 0.350. The largest absolute Gasteiger partial charge is 0.418 e. The number of alkyl halides is 3. The summed E-state index contributed by atoms with van der Waals surface area (Å²) in [7, 11) is 1.74. The van der Waals surface area contributed by atoms with Gasteiger partial charge in [0, 0.05) is 24.7 Å². The lowest BCUT2D eigenvalue weighted by Crippen LogP contribution is -2.27. The van der Waals surface area contributed by atoms with E-state index in [9.17, 15) is 22.8 Å². The van der Waals surface area contributed by atoms with Crippen LogP contribution in [0.3, 0.4) is 0 Å². The highest BCUT2D eigenvalue weighted by Crippen LogP contribution is 2.37. The van der Waals surface area contributed by atoms with Crippen LogP contribution in [0.1, 0.15) is 33.8 Å². The Hall–Kier alpha value is -2.92. The van der Waals surface area contributed by atoms with Gasteiger partial charge in [0.1, 0.15) is 10.9 Å². The number of amides is 2. The topological polar surface area (TPSA) is 85.3 Å². The highest BCUT2D eigenvalue weighted by atomic mass is 32.1. The van der Waals surface area contributed by atoms with Crippen molar-refractivity contribution < 1.29 is 27.5 Å².